The second-order valence-corrected chi connectivity index (χ2v) is 22.5. The van der Waals surface area contributed by atoms with Gasteiger partial charge in [0.2, 0.25) is 0 Å². The molecule has 0 N–H and O–H groups in total. The van der Waals surface area contributed by atoms with Gasteiger partial charge in [-0.2, -0.15) is 11.8 Å². The van der Waals surface area contributed by atoms with Crippen molar-refractivity contribution in [3.05, 3.63) is 0 Å². The molecular weight excluding hydrogens is 687 g/mol. The Labute approximate surface area is 337 Å². The first-order chi connectivity index (χ1) is 25.9. The van der Waals surface area contributed by atoms with Crippen LogP contribution in [0.2, 0.25) is 0 Å². The van der Waals surface area contributed by atoms with Gasteiger partial charge in [0.15, 0.2) is 0 Å². The first-order valence-corrected chi connectivity index (χ1v) is 24.2. The fourth-order valence-corrected chi connectivity index (χ4v) is 13.2. The Morgan fingerprint density at radius 3 is 1.35 bits per heavy atom. The molecule has 4 saturated carbocycles. The zero-order valence-corrected chi connectivity index (χ0v) is 37.1. The highest BCUT2D eigenvalue weighted by Crippen LogP contribution is 2.52. The van der Waals surface area contributed by atoms with Crippen molar-refractivity contribution in [1.82, 2.24) is 34.3 Å². The molecule has 13 aliphatic rings. The van der Waals surface area contributed by atoms with E-state index in [1.54, 1.807) is 0 Å². The van der Waals surface area contributed by atoms with E-state index < -0.39 is 0 Å². The number of hydrogen-bond donors (Lipinski definition) is 0. The second kappa shape index (κ2) is 18.5. The van der Waals surface area contributed by atoms with Crippen LogP contribution in [-0.4, -0.2) is 192 Å². The topological polar surface area (TPSA) is 31.9 Å². The fraction of sp³-hybridized carbons (Fsp3) is 1.00. The van der Waals surface area contributed by atoms with E-state index in [9.17, 15) is 0 Å². The molecule has 0 aromatic carbocycles. The van der Waals surface area contributed by atoms with E-state index in [0.29, 0.717) is 5.60 Å². The summed E-state index contributed by atoms with van der Waals surface area (Å²) in [6.45, 7) is 18.1. The molecule has 9 heteroatoms. The van der Waals surface area contributed by atoms with Crippen LogP contribution in [0.25, 0.3) is 0 Å². The molecule has 13 fully saturated rings. The van der Waals surface area contributed by atoms with Crippen LogP contribution in [0.4, 0.5) is 0 Å². The maximum Gasteiger partial charge on any atom is 0.0997 e. The molecule has 13 rings (SSSR count). The van der Waals surface area contributed by atoms with Crippen molar-refractivity contribution in [1.29, 1.82) is 0 Å². The van der Waals surface area contributed by atoms with Crippen molar-refractivity contribution in [2.75, 3.05) is 146 Å². The molecule has 0 radical (unpaired) electrons. The third kappa shape index (κ3) is 11.4. The molecule has 2 bridgehead atoms. The lowest BCUT2D eigenvalue weighted by molar-refractivity contribution is -0.0504. The fourth-order valence-electron chi connectivity index (χ4n) is 11.9. The molecule has 1 unspecified atom stereocenters. The average Bonchev–Trinajstić information content (AvgIpc) is 3.46. The van der Waals surface area contributed by atoms with Crippen LogP contribution in [0, 0.1) is 28.1 Å². The Morgan fingerprint density at radius 2 is 1.04 bits per heavy atom. The number of fused-ring (bicyclic) bond motifs is 3. The minimum absolute atomic E-state index is 0.314. The van der Waals surface area contributed by atoms with E-state index in [-0.39, 0.29) is 0 Å². The standard InChI is InChI=1S/C9H18N2.C8H15N.C7H13NO.C7H13NS.2C7H13N/c1-10-6-7-11-5-3-2-4-9(11)8-10;1-9-6-5-8(7-9)3-2-4-8;1-8-5-7(9-6-8)3-2-4-7;1-8-3-2-7(4-8)5-9-6-7;1-8-4-6-2-7(3-6)5-8;1-8-5-4-7(6-8)2-3-7/h9H,2-8H2,1H3;2-7H2,1H3;2*2-6H2,1H3;6-7H,2-5H2,1H3;2-6H2,1H3. The van der Waals surface area contributed by atoms with Crippen LogP contribution in [0.5, 0.6) is 0 Å². The Balaban J connectivity index is 0.000000100. The Hall–Kier alpha value is 0.0300. The first-order valence-electron chi connectivity index (χ1n) is 23.0. The highest BCUT2D eigenvalue weighted by molar-refractivity contribution is 8.00. The minimum Gasteiger partial charge on any atom is -0.358 e. The molecule has 9 heterocycles. The molecule has 0 aromatic rings. The predicted molar refractivity (Wildman–Crippen MR) is 230 cm³/mol. The normalized spacial score (nSPS) is 35.6. The lowest BCUT2D eigenvalue weighted by Crippen LogP contribution is -2.53. The smallest absolute Gasteiger partial charge is 0.0997 e. The van der Waals surface area contributed by atoms with Gasteiger partial charge in [0, 0.05) is 81.9 Å². The molecule has 8 nitrogen and oxygen atoms in total. The number of ether oxygens (including phenoxy) is 1. The number of hydrogen-bond acceptors (Lipinski definition) is 9. The highest BCUT2D eigenvalue weighted by atomic mass is 32.2. The van der Waals surface area contributed by atoms with Gasteiger partial charge in [-0.25, -0.2) is 0 Å². The van der Waals surface area contributed by atoms with Crippen molar-refractivity contribution >= 4 is 11.8 Å². The molecule has 9 saturated heterocycles. The van der Waals surface area contributed by atoms with Crippen LogP contribution in [0.15, 0.2) is 0 Å². The number of likely N-dealkylation sites (N-methyl/N-ethyl adjacent to an activating group) is 2. The van der Waals surface area contributed by atoms with Gasteiger partial charge in [0.05, 0.1) is 12.3 Å². The van der Waals surface area contributed by atoms with E-state index >= 15 is 0 Å². The highest BCUT2D eigenvalue weighted by Gasteiger charge is 2.47. The summed E-state index contributed by atoms with van der Waals surface area (Å²) in [6.07, 6.45) is 23.3. The Kier molecular flexibility index (Phi) is 14.5. The first kappa shape index (κ1) is 42.2. The summed E-state index contributed by atoms with van der Waals surface area (Å²) >= 11 is 2.11. The molecule has 4 aliphatic carbocycles. The molecular formula is C45H85N7OS. The SMILES string of the molecule is CN1CC2CC(C2)C1.CN1CCC2(CC2)C1.CN1CCC2(CCC2)C1.CN1CCC2(CSC2)C1.CN1CCN2CCCCC2C1.CN1COC2(CCC2)C1. The van der Waals surface area contributed by atoms with Crippen molar-refractivity contribution in [2.24, 2.45) is 28.1 Å². The predicted octanol–water partition coefficient (Wildman–Crippen LogP) is 6.22. The quantitative estimate of drug-likeness (QED) is 0.285. The number of nitrogens with zero attached hydrogens (tertiary/aromatic N) is 7. The summed E-state index contributed by atoms with van der Waals surface area (Å²) in [5.41, 5.74) is 2.75. The van der Waals surface area contributed by atoms with Crippen molar-refractivity contribution in [3.63, 3.8) is 0 Å². The summed E-state index contributed by atoms with van der Waals surface area (Å²) in [4.78, 5) is 17.2. The molecule has 1 atom stereocenters. The largest absolute Gasteiger partial charge is 0.358 e. The van der Waals surface area contributed by atoms with Crippen molar-refractivity contribution < 1.29 is 4.74 Å². The third-order valence-corrected chi connectivity index (χ3v) is 17.6. The van der Waals surface area contributed by atoms with Crippen LogP contribution < -0.4 is 0 Å². The van der Waals surface area contributed by atoms with E-state index in [0.717, 1.165) is 47.4 Å². The lowest BCUT2D eigenvalue weighted by Gasteiger charge is -2.45. The minimum atomic E-state index is 0.314. The van der Waals surface area contributed by atoms with Gasteiger partial charge in [0.1, 0.15) is 0 Å². The van der Waals surface area contributed by atoms with Crippen molar-refractivity contribution in [2.45, 2.75) is 114 Å². The zero-order chi connectivity index (χ0) is 37.8. The monoisotopic (exact) mass is 772 g/mol. The van der Waals surface area contributed by atoms with Crippen LogP contribution in [0.1, 0.15) is 103 Å². The summed E-state index contributed by atoms with van der Waals surface area (Å²) < 4.78 is 5.61. The third-order valence-electron chi connectivity index (χ3n) is 16.0. The van der Waals surface area contributed by atoms with Crippen LogP contribution >= 0.6 is 11.8 Å². The van der Waals surface area contributed by atoms with Gasteiger partial charge < -0.3 is 29.2 Å². The average molecular weight is 772 g/mol. The molecule has 54 heavy (non-hydrogen) atoms. The Morgan fingerprint density at radius 1 is 0.463 bits per heavy atom. The molecule has 4 spiro atoms. The number of piperazine rings is 1. The number of rotatable bonds is 0. The van der Waals surface area contributed by atoms with Crippen LogP contribution in [0.3, 0.4) is 0 Å². The summed E-state index contributed by atoms with van der Waals surface area (Å²) in [7, 11) is 13.3. The molecule has 9 aliphatic heterocycles. The summed E-state index contributed by atoms with van der Waals surface area (Å²) in [5, 5.41) is 0. The van der Waals surface area contributed by atoms with Gasteiger partial charge in [-0.1, -0.05) is 12.8 Å². The number of piperidine rings is 3. The second-order valence-electron chi connectivity index (χ2n) is 21.5. The molecule has 312 valence electrons. The summed E-state index contributed by atoms with van der Waals surface area (Å²) in [5.74, 6) is 5.02. The van der Waals surface area contributed by atoms with Gasteiger partial charge in [0.25, 0.3) is 0 Å². The Bertz CT molecular complexity index is 1070. The maximum absolute atomic E-state index is 5.61. The number of thioether (sulfide) groups is 1. The number of likely N-dealkylation sites (tertiary alicyclic amines) is 3. The molecule has 0 aromatic heterocycles. The van der Waals surface area contributed by atoms with E-state index in [1.165, 1.54) is 193 Å². The van der Waals surface area contributed by atoms with Gasteiger partial charge in [-0.3, -0.25) is 9.80 Å². The maximum atomic E-state index is 5.61. The van der Waals surface area contributed by atoms with Gasteiger partial charge in [-0.15, -0.1) is 0 Å². The summed E-state index contributed by atoms with van der Waals surface area (Å²) in [6, 6.07) is 0.891. The van der Waals surface area contributed by atoms with Gasteiger partial charge in [-0.05, 0) is 181 Å². The van der Waals surface area contributed by atoms with E-state index in [2.05, 4.69) is 88.3 Å². The zero-order valence-electron chi connectivity index (χ0n) is 36.3. The molecule has 0 amide bonds. The van der Waals surface area contributed by atoms with Crippen molar-refractivity contribution in [3.8, 4) is 0 Å². The van der Waals surface area contributed by atoms with E-state index in [1.807, 2.05) is 0 Å². The lowest BCUT2D eigenvalue weighted by atomic mass is 9.68. The van der Waals surface area contributed by atoms with Crippen LogP contribution in [-0.2, 0) is 4.74 Å². The van der Waals surface area contributed by atoms with E-state index in [4.69, 9.17) is 4.74 Å². The van der Waals surface area contributed by atoms with Gasteiger partial charge >= 0.3 is 0 Å².